The number of hydrazone groups is 1. The summed E-state index contributed by atoms with van der Waals surface area (Å²) in [5.41, 5.74) is 4.15. The number of carbonyl (C=O) groups is 1. The van der Waals surface area contributed by atoms with Crippen molar-refractivity contribution in [2.75, 3.05) is 0 Å². The van der Waals surface area contributed by atoms with E-state index in [1.807, 2.05) is 18.2 Å². The first-order chi connectivity index (χ1) is 11.2. The van der Waals surface area contributed by atoms with Crippen LogP contribution in [0.15, 0.2) is 52.3 Å². The number of benzene rings is 1. The van der Waals surface area contributed by atoms with E-state index in [-0.39, 0.29) is 5.91 Å². The average Bonchev–Trinajstić information content (AvgIpc) is 3.04. The molecule has 1 fully saturated rings. The predicted molar refractivity (Wildman–Crippen MR) is 95.8 cm³/mol. The smallest absolute Gasteiger partial charge is 0.271 e. The van der Waals surface area contributed by atoms with Gasteiger partial charge in [0.05, 0.1) is 6.21 Å². The summed E-state index contributed by atoms with van der Waals surface area (Å²) < 4.78 is 3.15. The van der Waals surface area contributed by atoms with Crippen LogP contribution in [-0.4, -0.2) is 16.7 Å². The van der Waals surface area contributed by atoms with Crippen molar-refractivity contribution >= 4 is 28.1 Å². The zero-order valence-corrected chi connectivity index (χ0v) is 14.5. The van der Waals surface area contributed by atoms with Crippen molar-refractivity contribution in [2.24, 2.45) is 5.10 Å². The second kappa shape index (κ2) is 7.59. The molecule has 1 aliphatic rings. The fourth-order valence-corrected chi connectivity index (χ4v) is 3.37. The minimum absolute atomic E-state index is 0.214. The third kappa shape index (κ3) is 4.32. The molecule has 1 aliphatic carbocycles. The van der Waals surface area contributed by atoms with Gasteiger partial charge in [0, 0.05) is 34.0 Å². The van der Waals surface area contributed by atoms with Crippen molar-refractivity contribution in [3.05, 3.63) is 58.3 Å². The van der Waals surface area contributed by atoms with E-state index in [1.54, 1.807) is 18.3 Å². The lowest BCUT2D eigenvalue weighted by Crippen LogP contribution is -2.17. The maximum absolute atomic E-state index is 12.0. The highest BCUT2D eigenvalue weighted by atomic mass is 79.9. The van der Waals surface area contributed by atoms with Crippen LogP contribution in [0.3, 0.4) is 0 Å². The zero-order valence-electron chi connectivity index (χ0n) is 12.9. The number of carbonyl (C=O) groups excluding carboxylic acids is 1. The van der Waals surface area contributed by atoms with E-state index in [9.17, 15) is 4.79 Å². The second-order valence-corrected chi connectivity index (χ2v) is 6.81. The molecular weight excluding hydrogens is 354 g/mol. The summed E-state index contributed by atoms with van der Waals surface area (Å²) in [5.74, 6) is -0.214. The highest BCUT2D eigenvalue weighted by Crippen LogP contribution is 2.28. The van der Waals surface area contributed by atoms with Gasteiger partial charge >= 0.3 is 0 Å². The second-order valence-electron chi connectivity index (χ2n) is 5.89. The Hall–Kier alpha value is -1.88. The van der Waals surface area contributed by atoms with Gasteiger partial charge in [-0.2, -0.15) is 5.10 Å². The third-order valence-electron chi connectivity index (χ3n) is 4.20. The van der Waals surface area contributed by atoms with Gasteiger partial charge in [-0.15, -0.1) is 0 Å². The molecule has 1 aromatic carbocycles. The minimum Gasteiger partial charge on any atom is -0.351 e. The molecule has 5 heteroatoms. The monoisotopic (exact) mass is 373 g/mol. The van der Waals surface area contributed by atoms with E-state index >= 15 is 0 Å². The number of halogens is 1. The molecule has 2 aromatic rings. The van der Waals surface area contributed by atoms with Gasteiger partial charge in [0.15, 0.2) is 0 Å². The summed E-state index contributed by atoms with van der Waals surface area (Å²) >= 11 is 3.35. The maximum atomic E-state index is 12.0. The lowest BCUT2D eigenvalue weighted by Gasteiger charge is -2.23. The van der Waals surface area contributed by atoms with Gasteiger partial charge in [0.2, 0.25) is 0 Å². The standard InChI is InChI=1S/C18H20BrN3O/c19-16-6-4-5-15(11-16)18(23)21-20-12-14-9-10-22(13-14)17-7-2-1-3-8-17/h4-6,9-13,17H,1-3,7-8H2,(H,21,23)/b20-12-. The van der Waals surface area contributed by atoms with Crippen molar-refractivity contribution in [2.45, 2.75) is 38.1 Å². The summed E-state index contributed by atoms with van der Waals surface area (Å²) in [6, 6.07) is 9.88. The van der Waals surface area contributed by atoms with Crippen LogP contribution in [0.5, 0.6) is 0 Å². The van der Waals surface area contributed by atoms with Gasteiger partial charge in [-0.1, -0.05) is 41.3 Å². The number of rotatable bonds is 4. The molecule has 23 heavy (non-hydrogen) atoms. The number of amides is 1. The van der Waals surface area contributed by atoms with Crippen molar-refractivity contribution in [1.82, 2.24) is 9.99 Å². The van der Waals surface area contributed by atoms with Crippen LogP contribution >= 0.6 is 15.9 Å². The molecule has 0 aliphatic heterocycles. The first kappa shape index (κ1) is 16.0. The lowest BCUT2D eigenvalue weighted by atomic mass is 9.95. The summed E-state index contributed by atoms with van der Waals surface area (Å²) in [5, 5.41) is 4.05. The Bertz CT molecular complexity index is 702. The van der Waals surface area contributed by atoms with E-state index in [2.05, 4.69) is 43.4 Å². The largest absolute Gasteiger partial charge is 0.351 e. The van der Waals surface area contributed by atoms with Gasteiger partial charge < -0.3 is 4.57 Å². The topological polar surface area (TPSA) is 46.4 Å². The molecule has 0 unspecified atom stereocenters. The molecule has 3 rings (SSSR count). The summed E-state index contributed by atoms with van der Waals surface area (Å²) in [4.78, 5) is 12.0. The van der Waals surface area contributed by atoms with Crippen molar-refractivity contribution in [3.63, 3.8) is 0 Å². The Balaban J connectivity index is 1.58. The van der Waals surface area contributed by atoms with E-state index in [4.69, 9.17) is 0 Å². The fraction of sp³-hybridized carbons (Fsp3) is 0.333. The van der Waals surface area contributed by atoms with Crippen LogP contribution in [0.1, 0.15) is 54.1 Å². The Labute approximate surface area is 144 Å². The van der Waals surface area contributed by atoms with Crippen LogP contribution in [0.25, 0.3) is 0 Å². The number of aromatic nitrogens is 1. The molecule has 4 nitrogen and oxygen atoms in total. The molecule has 0 bridgehead atoms. The number of nitrogens with zero attached hydrogens (tertiary/aromatic N) is 2. The maximum Gasteiger partial charge on any atom is 0.271 e. The molecule has 0 saturated heterocycles. The summed E-state index contributed by atoms with van der Waals surface area (Å²) in [7, 11) is 0. The molecule has 0 radical (unpaired) electrons. The lowest BCUT2D eigenvalue weighted by molar-refractivity contribution is 0.0955. The third-order valence-corrected chi connectivity index (χ3v) is 4.69. The normalized spacial score (nSPS) is 15.9. The van der Waals surface area contributed by atoms with Gasteiger partial charge in [-0.3, -0.25) is 4.79 Å². The highest BCUT2D eigenvalue weighted by Gasteiger charge is 2.14. The summed E-state index contributed by atoms with van der Waals surface area (Å²) in [6.07, 6.45) is 12.4. The van der Waals surface area contributed by atoms with Crippen molar-refractivity contribution in [3.8, 4) is 0 Å². The molecular formula is C18H20BrN3O. The Morgan fingerprint density at radius 3 is 2.87 bits per heavy atom. The van der Waals surface area contributed by atoms with Gasteiger partial charge in [0.25, 0.3) is 5.91 Å². The molecule has 1 saturated carbocycles. The predicted octanol–water partition coefficient (Wildman–Crippen LogP) is 4.52. The van der Waals surface area contributed by atoms with Gasteiger partial charge in [0.1, 0.15) is 0 Å². The van der Waals surface area contributed by atoms with Crippen LogP contribution in [0.4, 0.5) is 0 Å². The number of nitrogens with one attached hydrogen (secondary N) is 1. The minimum atomic E-state index is -0.214. The zero-order chi connectivity index (χ0) is 16.1. The molecule has 1 amide bonds. The first-order valence-corrected chi connectivity index (χ1v) is 8.78. The first-order valence-electron chi connectivity index (χ1n) is 7.99. The van der Waals surface area contributed by atoms with Crippen LogP contribution in [0.2, 0.25) is 0 Å². The highest BCUT2D eigenvalue weighted by molar-refractivity contribution is 9.10. The van der Waals surface area contributed by atoms with Crippen molar-refractivity contribution in [1.29, 1.82) is 0 Å². The Kier molecular flexibility index (Phi) is 5.28. The molecule has 1 heterocycles. The van der Waals surface area contributed by atoms with Crippen LogP contribution in [0, 0.1) is 0 Å². The van der Waals surface area contributed by atoms with E-state index in [0.717, 1.165) is 10.0 Å². The molecule has 0 spiro atoms. The van der Waals surface area contributed by atoms with E-state index < -0.39 is 0 Å². The van der Waals surface area contributed by atoms with E-state index in [0.29, 0.717) is 11.6 Å². The molecule has 1 N–H and O–H groups in total. The quantitative estimate of drug-likeness (QED) is 0.621. The number of hydrogen-bond donors (Lipinski definition) is 1. The molecule has 120 valence electrons. The Morgan fingerprint density at radius 2 is 2.09 bits per heavy atom. The SMILES string of the molecule is O=C(N/N=C\c1ccn(C2CCCCC2)c1)c1cccc(Br)c1. The average molecular weight is 374 g/mol. The number of hydrogen-bond acceptors (Lipinski definition) is 2. The van der Waals surface area contributed by atoms with Crippen LogP contribution in [-0.2, 0) is 0 Å². The molecule has 1 aromatic heterocycles. The fourth-order valence-electron chi connectivity index (χ4n) is 2.97. The van der Waals surface area contributed by atoms with Crippen molar-refractivity contribution < 1.29 is 4.79 Å². The van der Waals surface area contributed by atoms with Gasteiger partial charge in [-0.25, -0.2) is 5.43 Å². The molecule has 0 atom stereocenters. The summed E-state index contributed by atoms with van der Waals surface area (Å²) in [6.45, 7) is 0. The van der Waals surface area contributed by atoms with Gasteiger partial charge in [-0.05, 0) is 37.1 Å². The van der Waals surface area contributed by atoms with Crippen LogP contribution < -0.4 is 5.43 Å². The van der Waals surface area contributed by atoms with E-state index in [1.165, 1.54) is 32.1 Å². The Morgan fingerprint density at radius 1 is 1.26 bits per heavy atom.